The maximum Gasteiger partial charge on any atom is 0.274 e. The topological polar surface area (TPSA) is 75.1 Å². The van der Waals surface area contributed by atoms with Gasteiger partial charge in [-0.1, -0.05) is 30.3 Å². The molecule has 5 nitrogen and oxygen atoms in total. The van der Waals surface area contributed by atoms with E-state index >= 15 is 0 Å². The van der Waals surface area contributed by atoms with Gasteiger partial charge >= 0.3 is 0 Å². The Kier molecular flexibility index (Phi) is 3.70. The number of benzene rings is 1. The molecule has 0 fully saturated rings. The lowest BCUT2D eigenvalue weighted by Gasteiger charge is -2.14. The first-order valence-corrected chi connectivity index (χ1v) is 6.95. The molecule has 0 bridgehead atoms. The number of hydrogen-bond donors (Lipinski definition) is 2. The molecule has 0 aliphatic heterocycles. The summed E-state index contributed by atoms with van der Waals surface area (Å²) in [5.74, 6) is -0.628. The lowest BCUT2D eigenvalue weighted by molar-refractivity contribution is 0.0932. The minimum Gasteiger partial charge on any atom is -0.504 e. The Morgan fingerprint density at radius 1 is 1.14 bits per heavy atom. The van der Waals surface area contributed by atoms with Gasteiger partial charge in [-0.05, 0) is 24.6 Å². The fourth-order valence-electron chi connectivity index (χ4n) is 2.28. The maximum atomic E-state index is 12.3. The normalized spacial score (nSPS) is 12.0. The third-order valence-electron chi connectivity index (χ3n) is 3.48. The summed E-state index contributed by atoms with van der Waals surface area (Å²) in [5.41, 5.74) is 1.33. The number of hydrogen-bond acceptors (Lipinski definition) is 4. The zero-order valence-electron chi connectivity index (χ0n) is 12.0. The van der Waals surface area contributed by atoms with Crippen LogP contribution in [-0.2, 0) is 0 Å². The summed E-state index contributed by atoms with van der Waals surface area (Å²) in [6.07, 6.45) is 3.10. The minimum absolute atomic E-state index is 0.0195. The molecule has 110 valence electrons. The quantitative estimate of drug-likeness (QED) is 0.778. The Labute approximate surface area is 127 Å². The number of rotatable bonds is 3. The molecule has 0 aliphatic rings. The second kappa shape index (κ2) is 5.81. The van der Waals surface area contributed by atoms with Gasteiger partial charge in [0.1, 0.15) is 5.52 Å². The molecule has 2 aromatic heterocycles. The summed E-state index contributed by atoms with van der Waals surface area (Å²) in [6, 6.07) is 12.9. The fourth-order valence-corrected chi connectivity index (χ4v) is 2.28. The SMILES string of the molecule is C[C@H](NC(=O)c1ncc2cccnc2c1O)c1ccccc1. The number of amides is 1. The minimum atomic E-state index is -0.429. The molecule has 1 amide bonds. The van der Waals surface area contributed by atoms with E-state index in [2.05, 4.69) is 15.3 Å². The number of pyridine rings is 2. The zero-order chi connectivity index (χ0) is 15.5. The van der Waals surface area contributed by atoms with E-state index in [0.717, 1.165) is 5.56 Å². The molecule has 0 radical (unpaired) electrons. The molecule has 0 spiro atoms. The number of aromatic nitrogens is 2. The summed E-state index contributed by atoms with van der Waals surface area (Å²) in [6.45, 7) is 1.88. The first-order chi connectivity index (χ1) is 10.7. The van der Waals surface area contributed by atoms with Crippen molar-refractivity contribution in [1.82, 2.24) is 15.3 Å². The number of fused-ring (bicyclic) bond motifs is 1. The predicted molar refractivity (Wildman–Crippen MR) is 83.5 cm³/mol. The van der Waals surface area contributed by atoms with Gasteiger partial charge in [-0.2, -0.15) is 0 Å². The van der Waals surface area contributed by atoms with Crippen LogP contribution in [0.1, 0.15) is 29.0 Å². The first kappa shape index (κ1) is 14.0. The molecule has 5 heteroatoms. The van der Waals surface area contributed by atoms with Gasteiger partial charge in [0.05, 0.1) is 6.04 Å². The zero-order valence-corrected chi connectivity index (χ0v) is 12.0. The summed E-state index contributed by atoms with van der Waals surface area (Å²) in [5, 5.41) is 13.7. The average Bonchev–Trinajstić information content (AvgIpc) is 2.56. The number of nitrogens with one attached hydrogen (secondary N) is 1. The van der Waals surface area contributed by atoms with E-state index in [1.54, 1.807) is 18.3 Å². The van der Waals surface area contributed by atoms with Crippen LogP contribution < -0.4 is 5.32 Å². The van der Waals surface area contributed by atoms with Gasteiger partial charge in [0.2, 0.25) is 0 Å². The smallest absolute Gasteiger partial charge is 0.274 e. The molecule has 3 aromatic rings. The highest BCUT2D eigenvalue weighted by atomic mass is 16.3. The Morgan fingerprint density at radius 2 is 1.91 bits per heavy atom. The van der Waals surface area contributed by atoms with Gasteiger partial charge in [0, 0.05) is 17.8 Å². The highest BCUT2D eigenvalue weighted by Crippen LogP contribution is 2.25. The van der Waals surface area contributed by atoms with E-state index in [1.807, 2.05) is 37.3 Å². The molecule has 0 saturated heterocycles. The highest BCUT2D eigenvalue weighted by molar-refractivity contribution is 6.00. The van der Waals surface area contributed by atoms with Crippen molar-refractivity contribution in [2.75, 3.05) is 0 Å². The van der Waals surface area contributed by atoms with E-state index in [9.17, 15) is 9.90 Å². The van der Waals surface area contributed by atoms with Crippen LogP contribution in [-0.4, -0.2) is 21.0 Å². The van der Waals surface area contributed by atoms with E-state index in [-0.39, 0.29) is 17.5 Å². The van der Waals surface area contributed by atoms with Gasteiger partial charge < -0.3 is 10.4 Å². The summed E-state index contributed by atoms with van der Waals surface area (Å²) >= 11 is 0. The number of carbonyl (C=O) groups is 1. The summed E-state index contributed by atoms with van der Waals surface area (Å²) < 4.78 is 0. The van der Waals surface area contributed by atoms with Crippen molar-refractivity contribution in [1.29, 1.82) is 0 Å². The molecule has 0 unspecified atom stereocenters. The largest absolute Gasteiger partial charge is 0.504 e. The molecule has 0 aliphatic carbocycles. The van der Waals surface area contributed by atoms with Crippen molar-refractivity contribution in [2.24, 2.45) is 0 Å². The van der Waals surface area contributed by atoms with Crippen LogP contribution in [0.15, 0.2) is 54.9 Å². The number of nitrogens with zero attached hydrogens (tertiary/aromatic N) is 2. The Balaban J connectivity index is 1.88. The van der Waals surface area contributed by atoms with E-state index in [0.29, 0.717) is 10.9 Å². The second-order valence-electron chi connectivity index (χ2n) is 5.00. The Hall–Kier alpha value is -2.95. The van der Waals surface area contributed by atoms with Gasteiger partial charge in [-0.15, -0.1) is 0 Å². The lowest BCUT2D eigenvalue weighted by atomic mass is 10.1. The molecule has 3 rings (SSSR count). The molecule has 1 atom stereocenters. The monoisotopic (exact) mass is 293 g/mol. The molecule has 0 saturated carbocycles. The predicted octanol–water partition coefficient (Wildman–Crippen LogP) is 2.83. The number of carbonyl (C=O) groups excluding carboxylic acids is 1. The summed E-state index contributed by atoms with van der Waals surface area (Å²) in [4.78, 5) is 20.5. The van der Waals surface area contributed by atoms with Crippen LogP contribution in [0.25, 0.3) is 10.9 Å². The number of aromatic hydroxyl groups is 1. The van der Waals surface area contributed by atoms with Gasteiger partial charge in [-0.3, -0.25) is 9.78 Å². The van der Waals surface area contributed by atoms with Crippen molar-refractivity contribution in [3.8, 4) is 5.75 Å². The van der Waals surface area contributed by atoms with Crippen LogP contribution in [0.2, 0.25) is 0 Å². The molecule has 22 heavy (non-hydrogen) atoms. The van der Waals surface area contributed by atoms with Crippen molar-refractivity contribution in [3.05, 3.63) is 66.1 Å². The second-order valence-corrected chi connectivity index (χ2v) is 5.00. The van der Waals surface area contributed by atoms with Crippen LogP contribution in [0.5, 0.6) is 5.75 Å². The van der Waals surface area contributed by atoms with Gasteiger partial charge in [-0.25, -0.2) is 4.98 Å². The highest BCUT2D eigenvalue weighted by Gasteiger charge is 2.18. The molecule has 2 N–H and O–H groups in total. The molecule has 1 aromatic carbocycles. The average molecular weight is 293 g/mol. The first-order valence-electron chi connectivity index (χ1n) is 6.95. The van der Waals surface area contributed by atoms with Crippen LogP contribution in [0, 0.1) is 0 Å². The van der Waals surface area contributed by atoms with Crippen molar-refractivity contribution >= 4 is 16.8 Å². The Bertz CT molecular complexity index is 819. The molecular formula is C17H15N3O2. The van der Waals surface area contributed by atoms with Crippen molar-refractivity contribution in [3.63, 3.8) is 0 Å². The third kappa shape index (κ3) is 2.61. The van der Waals surface area contributed by atoms with E-state index < -0.39 is 5.91 Å². The molecule has 2 heterocycles. The van der Waals surface area contributed by atoms with E-state index in [4.69, 9.17) is 0 Å². The maximum absolute atomic E-state index is 12.3. The van der Waals surface area contributed by atoms with Gasteiger partial charge in [0.25, 0.3) is 5.91 Å². The molecular weight excluding hydrogens is 278 g/mol. The van der Waals surface area contributed by atoms with Gasteiger partial charge in [0.15, 0.2) is 11.4 Å². The third-order valence-corrected chi connectivity index (χ3v) is 3.48. The standard InChI is InChI=1S/C17H15N3O2/c1-11(12-6-3-2-4-7-12)20-17(22)15-16(21)14-13(10-19-15)8-5-9-18-14/h2-11,21H,1H3,(H,20,22)/t11-/m0/s1. The Morgan fingerprint density at radius 3 is 2.68 bits per heavy atom. The fraction of sp³-hybridized carbons (Fsp3) is 0.118. The summed E-state index contributed by atoms with van der Waals surface area (Å²) in [7, 11) is 0. The van der Waals surface area contributed by atoms with Crippen molar-refractivity contribution < 1.29 is 9.90 Å². The van der Waals surface area contributed by atoms with Crippen LogP contribution in [0.4, 0.5) is 0 Å². The lowest BCUT2D eigenvalue weighted by Crippen LogP contribution is -2.27. The van der Waals surface area contributed by atoms with Crippen LogP contribution >= 0.6 is 0 Å². The van der Waals surface area contributed by atoms with Crippen molar-refractivity contribution in [2.45, 2.75) is 13.0 Å². The van der Waals surface area contributed by atoms with E-state index in [1.165, 1.54) is 6.20 Å². The van der Waals surface area contributed by atoms with Crippen LogP contribution in [0.3, 0.4) is 0 Å².